The summed E-state index contributed by atoms with van der Waals surface area (Å²) in [7, 11) is 0. The third kappa shape index (κ3) is 5.33. The van der Waals surface area contributed by atoms with E-state index in [0.29, 0.717) is 32.1 Å². The summed E-state index contributed by atoms with van der Waals surface area (Å²) in [6.07, 6.45) is 4.13. The molecule has 1 saturated heterocycles. The molecule has 0 aromatic heterocycles. The molecule has 0 bridgehead atoms. The van der Waals surface area contributed by atoms with Crippen LogP contribution in [0, 0.1) is 0 Å². The summed E-state index contributed by atoms with van der Waals surface area (Å²) in [5.74, 6) is 1.74. The predicted molar refractivity (Wildman–Crippen MR) is 118 cm³/mol. The van der Waals surface area contributed by atoms with Crippen LogP contribution in [0.1, 0.15) is 49.8 Å². The summed E-state index contributed by atoms with van der Waals surface area (Å²) in [4.78, 5) is 15.0. The van der Waals surface area contributed by atoms with Gasteiger partial charge in [0.25, 0.3) is 0 Å². The molecule has 2 aliphatic rings. The van der Waals surface area contributed by atoms with Crippen LogP contribution in [-0.2, 0) is 11.2 Å². The summed E-state index contributed by atoms with van der Waals surface area (Å²) in [5.41, 5.74) is 2.47. The number of aryl methyl sites for hydroxylation is 1. The van der Waals surface area contributed by atoms with Crippen LogP contribution >= 0.6 is 0 Å². The Kier molecular flexibility index (Phi) is 6.90. The van der Waals surface area contributed by atoms with Gasteiger partial charge in [-0.3, -0.25) is 9.69 Å². The maximum atomic E-state index is 12.5. The van der Waals surface area contributed by atoms with Crippen LogP contribution < -0.4 is 14.8 Å². The lowest BCUT2D eigenvalue weighted by Gasteiger charge is -2.36. The number of carbonyl (C=O) groups is 1. The van der Waals surface area contributed by atoms with Gasteiger partial charge in [0.15, 0.2) is 11.5 Å². The normalized spacial score (nSPS) is 18.4. The Morgan fingerprint density at radius 2 is 1.80 bits per heavy atom. The number of carbonyl (C=O) groups excluding carboxylic acids is 1. The molecule has 1 amide bonds. The lowest BCUT2D eigenvalue weighted by molar-refractivity contribution is -0.122. The van der Waals surface area contributed by atoms with E-state index >= 15 is 0 Å². The van der Waals surface area contributed by atoms with Crippen molar-refractivity contribution in [2.75, 3.05) is 26.3 Å². The Hall–Kier alpha value is -2.53. The van der Waals surface area contributed by atoms with E-state index in [1.165, 1.54) is 5.56 Å². The van der Waals surface area contributed by atoms with E-state index in [9.17, 15) is 4.79 Å². The zero-order chi connectivity index (χ0) is 20.8. The molecule has 1 N–H and O–H groups in total. The van der Waals surface area contributed by atoms with Crippen LogP contribution in [-0.4, -0.2) is 43.2 Å². The van der Waals surface area contributed by atoms with E-state index < -0.39 is 0 Å². The van der Waals surface area contributed by atoms with Crippen molar-refractivity contribution in [3.63, 3.8) is 0 Å². The minimum Gasteiger partial charge on any atom is -0.490 e. The standard InChI is InChI=1S/C25H32N2O3/c1-19(21-6-3-2-4-7-21)27-14-12-22(13-15-27)26-25(28)11-9-20-8-10-23-24(18-20)30-17-5-16-29-23/h2-4,6-8,10,18-19,22H,5,9,11-17H2,1H3,(H,26,28). The third-order valence-electron chi connectivity index (χ3n) is 6.18. The van der Waals surface area contributed by atoms with Crippen LogP contribution in [0.4, 0.5) is 0 Å². The molecule has 160 valence electrons. The zero-order valence-electron chi connectivity index (χ0n) is 17.8. The lowest BCUT2D eigenvalue weighted by atomic mass is 10.00. The first-order valence-electron chi connectivity index (χ1n) is 11.2. The van der Waals surface area contributed by atoms with E-state index in [0.717, 1.165) is 49.4 Å². The Labute approximate surface area is 179 Å². The maximum absolute atomic E-state index is 12.5. The number of fused-ring (bicyclic) bond motifs is 1. The average molecular weight is 409 g/mol. The third-order valence-corrected chi connectivity index (χ3v) is 6.18. The van der Waals surface area contributed by atoms with Gasteiger partial charge in [-0.05, 0) is 49.4 Å². The van der Waals surface area contributed by atoms with Gasteiger partial charge in [-0.1, -0.05) is 36.4 Å². The molecule has 30 heavy (non-hydrogen) atoms. The summed E-state index contributed by atoms with van der Waals surface area (Å²) < 4.78 is 11.4. The van der Waals surface area contributed by atoms with Crippen LogP contribution in [0.15, 0.2) is 48.5 Å². The number of likely N-dealkylation sites (tertiary alicyclic amines) is 1. The maximum Gasteiger partial charge on any atom is 0.220 e. The van der Waals surface area contributed by atoms with Gasteiger partial charge in [-0.2, -0.15) is 0 Å². The van der Waals surface area contributed by atoms with Gasteiger partial charge in [0.2, 0.25) is 5.91 Å². The molecule has 1 unspecified atom stereocenters. The molecule has 0 saturated carbocycles. The van der Waals surface area contributed by atoms with Gasteiger partial charge in [0.05, 0.1) is 13.2 Å². The van der Waals surface area contributed by atoms with E-state index in [1.54, 1.807) is 0 Å². The summed E-state index contributed by atoms with van der Waals surface area (Å²) in [6, 6.07) is 17.3. The summed E-state index contributed by atoms with van der Waals surface area (Å²) in [5, 5.41) is 3.24. The summed E-state index contributed by atoms with van der Waals surface area (Å²) in [6.45, 7) is 5.67. The number of piperidine rings is 1. The number of ether oxygens (including phenoxy) is 2. The van der Waals surface area contributed by atoms with Crippen LogP contribution in [0.3, 0.4) is 0 Å². The van der Waals surface area contributed by atoms with Crippen LogP contribution in [0.5, 0.6) is 11.5 Å². The highest BCUT2D eigenvalue weighted by Gasteiger charge is 2.24. The van der Waals surface area contributed by atoms with E-state index in [1.807, 2.05) is 18.2 Å². The number of nitrogens with zero attached hydrogens (tertiary/aromatic N) is 1. The molecule has 0 aliphatic carbocycles. The molecular weight excluding hydrogens is 376 g/mol. The molecule has 1 fully saturated rings. The monoisotopic (exact) mass is 408 g/mol. The molecule has 0 spiro atoms. The number of nitrogens with one attached hydrogen (secondary N) is 1. The minimum absolute atomic E-state index is 0.136. The molecule has 2 aromatic carbocycles. The largest absolute Gasteiger partial charge is 0.490 e. The average Bonchev–Trinajstić information content (AvgIpc) is 3.03. The Balaban J connectivity index is 1.21. The zero-order valence-corrected chi connectivity index (χ0v) is 17.8. The molecule has 2 heterocycles. The highest BCUT2D eigenvalue weighted by atomic mass is 16.5. The first-order valence-corrected chi connectivity index (χ1v) is 11.2. The first-order chi connectivity index (χ1) is 14.7. The fourth-order valence-electron chi connectivity index (χ4n) is 4.29. The molecule has 0 radical (unpaired) electrons. The number of amides is 1. The van der Waals surface area contributed by atoms with Crippen LogP contribution in [0.25, 0.3) is 0 Å². The predicted octanol–water partition coefficient (Wildman–Crippen LogP) is 4.12. The second-order valence-corrected chi connectivity index (χ2v) is 8.30. The molecular formula is C25H32N2O3. The number of hydrogen-bond acceptors (Lipinski definition) is 4. The van der Waals surface area contributed by atoms with Crippen molar-refractivity contribution in [1.29, 1.82) is 0 Å². The van der Waals surface area contributed by atoms with E-state index in [2.05, 4.69) is 47.5 Å². The number of benzene rings is 2. The molecule has 1 atom stereocenters. The highest BCUT2D eigenvalue weighted by Crippen LogP contribution is 2.30. The van der Waals surface area contributed by atoms with Crippen molar-refractivity contribution in [2.45, 2.75) is 51.1 Å². The Bertz CT molecular complexity index is 832. The highest BCUT2D eigenvalue weighted by molar-refractivity contribution is 5.76. The molecule has 2 aliphatic heterocycles. The molecule has 4 rings (SSSR count). The van der Waals surface area contributed by atoms with Gasteiger partial charge in [-0.25, -0.2) is 0 Å². The van der Waals surface area contributed by atoms with Crippen molar-refractivity contribution >= 4 is 5.91 Å². The smallest absolute Gasteiger partial charge is 0.220 e. The first kappa shape index (κ1) is 20.7. The van der Waals surface area contributed by atoms with Crippen molar-refractivity contribution in [3.05, 3.63) is 59.7 Å². The van der Waals surface area contributed by atoms with E-state index in [-0.39, 0.29) is 11.9 Å². The molecule has 2 aromatic rings. The van der Waals surface area contributed by atoms with Crippen molar-refractivity contribution in [3.8, 4) is 11.5 Å². The second-order valence-electron chi connectivity index (χ2n) is 8.30. The van der Waals surface area contributed by atoms with Gasteiger partial charge < -0.3 is 14.8 Å². The van der Waals surface area contributed by atoms with Gasteiger partial charge in [0, 0.05) is 38.0 Å². The topological polar surface area (TPSA) is 50.8 Å². The SMILES string of the molecule is CC(c1ccccc1)N1CCC(NC(=O)CCc2ccc3c(c2)OCCCO3)CC1. The Morgan fingerprint density at radius 1 is 1.07 bits per heavy atom. The van der Waals surface area contributed by atoms with E-state index in [4.69, 9.17) is 9.47 Å². The second kappa shape index (κ2) is 9.98. The fraction of sp³-hybridized carbons (Fsp3) is 0.480. The molecule has 5 nitrogen and oxygen atoms in total. The van der Waals surface area contributed by atoms with Crippen molar-refractivity contribution in [1.82, 2.24) is 10.2 Å². The minimum atomic E-state index is 0.136. The van der Waals surface area contributed by atoms with Gasteiger partial charge in [0.1, 0.15) is 0 Å². The number of rotatable bonds is 6. The lowest BCUT2D eigenvalue weighted by Crippen LogP contribution is -2.45. The molecule has 5 heteroatoms. The quantitative estimate of drug-likeness (QED) is 0.781. The number of hydrogen-bond donors (Lipinski definition) is 1. The fourth-order valence-corrected chi connectivity index (χ4v) is 4.29. The van der Waals surface area contributed by atoms with Gasteiger partial charge >= 0.3 is 0 Å². The Morgan fingerprint density at radius 3 is 2.57 bits per heavy atom. The van der Waals surface area contributed by atoms with Crippen molar-refractivity contribution < 1.29 is 14.3 Å². The van der Waals surface area contributed by atoms with Crippen LogP contribution in [0.2, 0.25) is 0 Å². The summed E-state index contributed by atoms with van der Waals surface area (Å²) >= 11 is 0. The van der Waals surface area contributed by atoms with Gasteiger partial charge in [-0.15, -0.1) is 0 Å². The van der Waals surface area contributed by atoms with Crippen molar-refractivity contribution in [2.24, 2.45) is 0 Å².